The number of nitrogens with zero attached hydrogens (tertiary/aromatic N) is 1. The highest BCUT2D eigenvalue weighted by Crippen LogP contribution is 2.21. The Morgan fingerprint density at radius 1 is 1.43 bits per heavy atom. The highest BCUT2D eigenvalue weighted by molar-refractivity contribution is 5.91. The van der Waals surface area contributed by atoms with Gasteiger partial charge < -0.3 is 20.1 Å². The number of rotatable bonds is 5. The number of carboxylic acids is 1. The third kappa shape index (κ3) is 4.00. The summed E-state index contributed by atoms with van der Waals surface area (Å²) in [5.41, 5.74) is 0.713. The van der Waals surface area contributed by atoms with Gasteiger partial charge in [-0.3, -0.25) is 9.59 Å². The summed E-state index contributed by atoms with van der Waals surface area (Å²) in [6, 6.07) is 4.73. The molecule has 1 fully saturated rings. The minimum atomic E-state index is -1.09. The molecule has 1 saturated heterocycles. The highest BCUT2D eigenvalue weighted by atomic mass is 16.5. The molecular weight excluding hydrogens is 300 g/mol. The first-order valence-electron chi connectivity index (χ1n) is 7.34. The molecule has 124 valence electrons. The molecule has 7 heteroatoms. The number of carbonyl (C=O) groups is 3. The van der Waals surface area contributed by atoms with Crippen LogP contribution in [0.25, 0.3) is 0 Å². The number of carbonyl (C=O) groups excluding carboxylic acids is 2. The number of hydrogen-bond donors (Lipinski definition) is 2. The van der Waals surface area contributed by atoms with Crippen molar-refractivity contribution in [1.29, 1.82) is 0 Å². The molecule has 0 bridgehead atoms. The second-order valence-corrected chi connectivity index (χ2v) is 5.56. The van der Waals surface area contributed by atoms with Crippen molar-refractivity contribution >= 4 is 17.8 Å². The van der Waals surface area contributed by atoms with Gasteiger partial charge in [0, 0.05) is 32.5 Å². The Bertz CT molecular complexity index is 629. The van der Waals surface area contributed by atoms with E-state index in [2.05, 4.69) is 5.32 Å². The second-order valence-electron chi connectivity index (χ2n) is 5.56. The van der Waals surface area contributed by atoms with Crippen LogP contribution in [0.4, 0.5) is 0 Å². The van der Waals surface area contributed by atoms with E-state index >= 15 is 0 Å². The first-order valence-corrected chi connectivity index (χ1v) is 7.34. The number of nitrogens with one attached hydrogen (secondary N) is 1. The van der Waals surface area contributed by atoms with Gasteiger partial charge in [-0.15, -0.1) is 0 Å². The summed E-state index contributed by atoms with van der Waals surface area (Å²) in [5.74, 6) is -1.35. The first-order chi connectivity index (χ1) is 10.9. The SMILES string of the molecule is COc1ccc(CNC(=O)[C@@H]2CCN(C)C(=O)C2)cc1C(=O)O. The van der Waals surface area contributed by atoms with Gasteiger partial charge in [0.2, 0.25) is 11.8 Å². The lowest BCUT2D eigenvalue weighted by Gasteiger charge is -2.27. The molecule has 0 unspecified atom stereocenters. The number of carboxylic acid groups (broad SMARTS) is 1. The zero-order chi connectivity index (χ0) is 17.0. The van der Waals surface area contributed by atoms with Gasteiger partial charge in [-0.2, -0.15) is 0 Å². The Labute approximate surface area is 134 Å². The fourth-order valence-corrected chi connectivity index (χ4v) is 2.53. The molecule has 0 saturated carbocycles. The Balaban J connectivity index is 1.98. The van der Waals surface area contributed by atoms with Crippen LogP contribution in [0.5, 0.6) is 5.75 Å². The molecule has 0 aromatic heterocycles. The number of aromatic carboxylic acids is 1. The average molecular weight is 320 g/mol. The van der Waals surface area contributed by atoms with E-state index in [0.717, 1.165) is 0 Å². The van der Waals surface area contributed by atoms with Crippen molar-refractivity contribution < 1.29 is 24.2 Å². The van der Waals surface area contributed by atoms with E-state index in [1.54, 1.807) is 24.1 Å². The van der Waals surface area contributed by atoms with Crippen molar-refractivity contribution in [2.75, 3.05) is 20.7 Å². The zero-order valence-electron chi connectivity index (χ0n) is 13.2. The molecule has 7 nitrogen and oxygen atoms in total. The van der Waals surface area contributed by atoms with Gasteiger partial charge in [-0.1, -0.05) is 6.07 Å². The van der Waals surface area contributed by atoms with Crippen LogP contribution in [-0.2, 0) is 16.1 Å². The molecule has 2 amide bonds. The average Bonchev–Trinajstić information content (AvgIpc) is 2.54. The van der Waals surface area contributed by atoms with Crippen molar-refractivity contribution in [3.63, 3.8) is 0 Å². The normalized spacial score (nSPS) is 17.7. The van der Waals surface area contributed by atoms with E-state index in [0.29, 0.717) is 18.5 Å². The lowest BCUT2D eigenvalue weighted by molar-refractivity contribution is -0.139. The van der Waals surface area contributed by atoms with Gasteiger partial charge in [0.1, 0.15) is 11.3 Å². The van der Waals surface area contributed by atoms with E-state index in [9.17, 15) is 14.4 Å². The molecule has 0 radical (unpaired) electrons. The fourth-order valence-electron chi connectivity index (χ4n) is 2.53. The van der Waals surface area contributed by atoms with Crippen LogP contribution in [0.3, 0.4) is 0 Å². The third-order valence-electron chi connectivity index (χ3n) is 3.99. The summed E-state index contributed by atoms with van der Waals surface area (Å²) < 4.78 is 4.99. The molecule has 0 spiro atoms. The van der Waals surface area contributed by atoms with Crippen LogP contribution in [0.1, 0.15) is 28.8 Å². The van der Waals surface area contributed by atoms with Crippen LogP contribution in [0, 0.1) is 5.92 Å². The van der Waals surface area contributed by atoms with E-state index in [1.807, 2.05) is 0 Å². The van der Waals surface area contributed by atoms with E-state index < -0.39 is 5.97 Å². The lowest BCUT2D eigenvalue weighted by atomic mass is 9.95. The summed E-state index contributed by atoms with van der Waals surface area (Å²) >= 11 is 0. The molecule has 1 aliphatic rings. The Hall–Kier alpha value is -2.57. The fraction of sp³-hybridized carbons (Fsp3) is 0.438. The van der Waals surface area contributed by atoms with Crippen molar-refractivity contribution in [3.05, 3.63) is 29.3 Å². The topological polar surface area (TPSA) is 95.9 Å². The van der Waals surface area contributed by atoms with Gasteiger partial charge in [0.15, 0.2) is 0 Å². The van der Waals surface area contributed by atoms with Gasteiger partial charge in [-0.25, -0.2) is 4.79 Å². The maximum atomic E-state index is 12.1. The smallest absolute Gasteiger partial charge is 0.339 e. The number of likely N-dealkylation sites (tertiary alicyclic amines) is 1. The van der Waals surface area contributed by atoms with E-state index in [4.69, 9.17) is 9.84 Å². The lowest BCUT2D eigenvalue weighted by Crippen LogP contribution is -2.41. The standard InChI is InChI=1S/C16H20N2O5/c1-18-6-5-11(8-14(18)19)15(20)17-9-10-3-4-13(23-2)12(7-10)16(21)22/h3-4,7,11H,5-6,8-9H2,1-2H3,(H,17,20)(H,21,22)/t11-/m1/s1. The second kappa shape index (κ2) is 7.13. The third-order valence-corrected chi connectivity index (χ3v) is 3.99. The maximum Gasteiger partial charge on any atom is 0.339 e. The molecule has 1 atom stereocenters. The Kier molecular flexibility index (Phi) is 5.20. The van der Waals surface area contributed by atoms with Gasteiger partial charge in [-0.05, 0) is 24.1 Å². The number of piperidine rings is 1. The molecule has 1 aromatic rings. The predicted octanol–water partition coefficient (Wildman–Crippen LogP) is 0.878. The van der Waals surface area contributed by atoms with Crippen molar-refractivity contribution in [3.8, 4) is 5.75 Å². The number of benzene rings is 1. The van der Waals surface area contributed by atoms with E-state index in [1.165, 1.54) is 13.2 Å². The Morgan fingerprint density at radius 2 is 2.17 bits per heavy atom. The quantitative estimate of drug-likeness (QED) is 0.839. The number of methoxy groups -OCH3 is 1. The highest BCUT2D eigenvalue weighted by Gasteiger charge is 2.28. The largest absolute Gasteiger partial charge is 0.496 e. The first kappa shape index (κ1) is 16.8. The molecular formula is C16H20N2O5. The summed E-state index contributed by atoms with van der Waals surface area (Å²) in [6.07, 6.45) is 0.850. The van der Waals surface area contributed by atoms with E-state index in [-0.39, 0.29) is 42.0 Å². The molecule has 1 aliphatic heterocycles. The molecule has 1 aromatic carbocycles. The minimum Gasteiger partial charge on any atom is -0.496 e. The summed E-state index contributed by atoms with van der Waals surface area (Å²) in [7, 11) is 3.13. The minimum absolute atomic E-state index is 0.0333. The van der Waals surface area contributed by atoms with Crippen LogP contribution < -0.4 is 10.1 Å². The van der Waals surface area contributed by atoms with Crippen molar-refractivity contribution in [1.82, 2.24) is 10.2 Å². The summed E-state index contributed by atoms with van der Waals surface area (Å²) in [4.78, 5) is 36.6. The van der Waals surface area contributed by atoms with Crippen LogP contribution in [-0.4, -0.2) is 48.5 Å². The van der Waals surface area contributed by atoms with Crippen LogP contribution >= 0.6 is 0 Å². The number of hydrogen-bond acceptors (Lipinski definition) is 4. The number of amides is 2. The molecule has 2 rings (SSSR count). The van der Waals surface area contributed by atoms with Gasteiger partial charge in [0.05, 0.1) is 7.11 Å². The molecule has 1 heterocycles. The van der Waals surface area contributed by atoms with Gasteiger partial charge in [0.25, 0.3) is 0 Å². The number of ether oxygens (including phenoxy) is 1. The summed E-state index contributed by atoms with van der Waals surface area (Å²) in [6.45, 7) is 0.784. The molecule has 23 heavy (non-hydrogen) atoms. The van der Waals surface area contributed by atoms with Crippen molar-refractivity contribution in [2.45, 2.75) is 19.4 Å². The van der Waals surface area contributed by atoms with Gasteiger partial charge >= 0.3 is 5.97 Å². The monoisotopic (exact) mass is 320 g/mol. The van der Waals surface area contributed by atoms with Crippen LogP contribution in [0.2, 0.25) is 0 Å². The van der Waals surface area contributed by atoms with Crippen LogP contribution in [0.15, 0.2) is 18.2 Å². The van der Waals surface area contributed by atoms with Crippen molar-refractivity contribution in [2.24, 2.45) is 5.92 Å². The zero-order valence-corrected chi connectivity index (χ0v) is 13.2. The molecule has 0 aliphatic carbocycles. The summed E-state index contributed by atoms with van der Waals surface area (Å²) in [5, 5.41) is 11.9. The predicted molar refractivity (Wildman–Crippen MR) is 82.2 cm³/mol. The Morgan fingerprint density at radius 3 is 2.78 bits per heavy atom. The maximum absolute atomic E-state index is 12.1. The molecule has 2 N–H and O–H groups in total.